The molecule has 0 amide bonds. The van der Waals surface area contributed by atoms with Crippen LogP contribution in [0.2, 0.25) is 0 Å². The van der Waals surface area contributed by atoms with E-state index in [1.807, 2.05) is 0 Å². The zero-order valence-electron chi connectivity index (χ0n) is 12.2. The third-order valence-electron chi connectivity index (χ3n) is 3.67. The summed E-state index contributed by atoms with van der Waals surface area (Å²) in [6.07, 6.45) is 1.11. The fourth-order valence-corrected chi connectivity index (χ4v) is 2.84. The number of hydrogen-bond donors (Lipinski definition) is 0. The van der Waals surface area contributed by atoms with Crippen molar-refractivity contribution in [3.05, 3.63) is 58.1 Å². The highest BCUT2D eigenvalue weighted by Crippen LogP contribution is 2.40. The maximum atomic E-state index is 2.33. The topological polar surface area (TPSA) is 0 Å². The summed E-state index contributed by atoms with van der Waals surface area (Å²) in [5, 5.41) is 0. The zero-order valence-corrected chi connectivity index (χ0v) is 14.3. The minimum Gasteiger partial charge on any atom is -0.0867 e. The first kappa shape index (κ1) is 14.6. The molecule has 0 spiro atoms. The number of fused-ring (bicyclic) bond motifs is 3. The molecule has 19 heavy (non-hydrogen) atoms. The normalized spacial score (nSPS) is 11.4. The number of aryl methyl sites for hydroxylation is 3. The first-order valence-corrected chi connectivity index (χ1v) is 8.36. The van der Waals surface area contributed by atoms with Gasteiger partial charge in [0, 0.05) is 0 Å². The summed E-state index contributed by atoms with van der Waals surface area (Å²) in [6, 6.07) is 11.3. The number of benzene rings is 2. The molecule has 0 aliphatic heterocycles. The lowest BCUT2D eigenvalue weighted by Gasteiger charge is -2.06. The van der Waals surface area contributed by atoms with E-state index in [9.17, 15) is 0 Å². The van der Waals surface area contributed by atoms with Gasteiger partial charge in [-0.05, 0) is 65.0 Å². The molecule has 0 radical (unpaired) electrons. The Kier molecular flexibility index (Phi) is 4.67. The van der Waals surface area contributed by atoms with Gasteiger partial charge < -0.3 is 0 Å². The molecule has 2 aromatic carbocycles. The second-order valence-corrected chi connectivity index (χ2v) is 6.68. The van der Waals surface area contributed by atoms with Crippen molar-refractivity contribution in [2.24, 2.45) is 0 Å². The molecule has 0 aromatic heterocycles. The van der Waals surface area contributed by atoms with Crippen LogP contribution < -0.4 is 0 Å². The van der Waals surface area contributed by atoms with Gasteiger partial charge in [0.1, 0.15) is 0 Å². The Morgan fingerprint density at radius 2 is 1.58 bits per heavy atom. The molecule has 3 rings (SSSR count). The second-order valence-electron chi connectivity index (χ2n) is 5.15. The van der Waals surface area contributed by atoms with Crippen LogP contribution in [0, 0.1) is 20.8 Å². The van der Waals surface area contributed by atoms with Crippen molar-refractivity contribution in [3.8, 4) is 11.1 Å². The van der Waals surface area contributed by atoms with Gasteiger partial charge in [0.05, 0.1) is 0 Å². The Morgan fingerprint density at radius 3 is 2.26 bits per heavy atom. The second kappa shape index (κ2) is 6.08. The molecule has 1 aliphatic carbocycles. The van der Waals surface area contributed by atoms with E-state index in [2.05, 4.69) is 80.6 Å². The largest absolute Gasteiger partial charge is 0.0867 e. The van der Waals surface area contributed by atoms with E-state index in [4.69, 9.17) is 0 Å². The molecule has 0 heterocycles. The monoisotopic (exact) mass is 364 g/mol. The fourth-order valence-electron chi connectivity index (χ4n) is 2.84. The summed E-state index contributed by atoms with van der Waals surface area (Å²) in [5.41, 5.74) is 10.2. The lowest BCUT2D eigenvalue weighted by molar-refractivity contribution is 1.18. The Labute approximate surface area is 130 Å². The van der Waals surface area contributed by atoms with Crippen molar-refractivity contribution in [2.75, 3.05) is 4.43 Å². The minimum absolute atomic E-state index is 1.11. The molecule has 0 nitrogen and oxygen atoms in total. The number of rotatable bonds is 0. The van der Waals surface area contributed by atoms with E-state index in [0.29, 0.717) is 0 Å². The Bertz CT molecular complexity index is 597. The van der Waals surface area contributed by atoms with Crippen molar-refractivity contribution in [2.45, 2.75) is 34.1 Å². The highest BCUT2D eigenvalue weighted by atomic mass is 127. The molecule has 2 aromatic rings. The van der Waals surface area contributed by atoms with Crippen LogP contribution in [-0.2, 0) is 6.42 Å². The van der Waals surface area contributed by atoms with Gasteiger partial charge in [-0.1, -0.05) is 65.4 Å². The highest BCUT2D eigenvalue weighted by Gasteiger charge is 2.21. The maximum absolute atomic E-state index is 2.33. The summed E-state index contributed by atoms with van der Waals surface area (Å²) in [6.45, 7) is 8.74. The summed E-state index contributed by atoms with van der Waals surface area (Å²) in [4.78, 5) is 0. The molecule has 0 bridgehead atoms. The predicted molar refractivity (Wildman–Crippen MR) is 93.5 cm³/mol. The summed E-state index contributed by atoms with van der Waals surface area (Å²) in [7, 11) is 0. The molecule has 1 aliphatic rings. The van der Waals surface area contributed by atoms with Crippen LogP contribution >= 0.6 is 22.6 Å². The Hall–Kier alpha value is -0.830. The van der Waals surface area contributed by atoms with Crippen LogP contribution in [0.5, 0.6) is 0 Å². The molecule has 0 atom stereocenters. The first-order chi connectivity index (χ1) is 9.08. The van der Waals surface area contributed by atoms with Crippen LogP contribution in [0.3, 0.4) is 0 Å². The number of alkyl halides is 1. The van der Waals surface area contributed by atoms with Crippen molar-refractivity contribution >= 4 is 22.6 Å². The minimum atomic E-state index is 1.11. The maximum Gasteiger partial charge on any atom is -0.000819 e. The first-order valence-electron chi connectivity index (χ1n) is 6.83. The third-order valence-corrected chi connectivity index (χ3v) is 3.67. The van der Waals surface area contributed by atoms with Crippen molar-refractivity contribution < 1.29 is 0 Å². The van der Waals surface area contributed by atoms with E-state index in [-0.39, 0.29) is 0 Å². The smallest absolute Gasteiger partial charge is 0.000819 e. The molecular weight excluding hydrogens is 343 g/mol. The van der Waals surface area contributed by atoms with Gasteiger partial charge in [0.2, 0.25) is 0 Å². The predicted octanol–water partition coefficient (Wildman–Crippen LogP) is 5.62. The number of hydrogen-bond acceptors (Lipinski definition) is 0. The van der Waals surface area contributed by atoms with Gasteiger partial charge >= 0.3 is 0 Å². The molecule has 0 unspecified atom stereocenters. The molecular formula is C18H21I. The average Bonchev–Trinajstić information content (AvgIpc) is 2.71. The lowest BCUT2D eigenvalue weighted by Crippen LogP contribution is -1.88. The average molecular weight is 364 g/mol. The Balaban J connectivity index is 0.000000408. The summed E-state index contributed by atoms with van der Waals surface area (Å²) >= 11 is 2.29. The summed E-state index contributed by atoms with van der Waals surface area (Å²) < 4.78 is 1.22. The van der Waals surface area contributed by atoms with Crippen molar-refractivity contribution in [1.82, 2.24) is 0 Å². The molecule has 0 N–H and O–H groups in total. The zero-order chi connectivity index (χ0) is 14.0. The SMILES string of the molecule is CCI.Cc1cc(C)c2c(c1)-c1cccc(C)c1C2. The number of halogens is 1. The van der Waals surface area contributed by atoms with Gasteiger partial charge in [-0.3, -0.25) is 0 Å². The van der Waals surface area contributed by atoms with Crippen LogP contribution in [0.1, 0.15) is 34.7 Å². The molecule has 1 heteroatoms. The quantitative estimate of drug-likeness (QED) is 0.359. The van der Waals surface area contributed by atoms with Crippen LogP contribution in [0.25, 0.3) is 11.1 Å². The van der Waals surface area contributed by atoms with E-state index in [0.717, 1.165) is 6.42 Å². The van der Waals surface area contributed by atoms with Crippen LogP contribution in [0.15, 0.2) is 30.3 Å². The lowest BCUT2D eigenvalue weighted by atomic mass is 9.99. The van der Waals surface area contributed by atoms with E-state index in [1.54, 1.807) is 0 Å². The molecule has 100 valence electrons. The van der Waals surface area contributed by atoms with E-state index in [1.165, 1.54) is 43.4 Å². The van der Waals surface area contributed by atoms with Gasteiger partial charge in [-0.15, -0.1) is 0 Å². The van der Waals surface area contributed by atoms with E-state index < -0.39 is 0 Å². The van der Waals surface area contributed by atoms with Gasteiger partial charge in [-0.25, -0.2) is 0 Å². The Morgan fingerprint density at radius 1 is 0.947 bits per heavy atom. The van der Waals surface area contributed by atoms with E-state index >= 15 is 0 Å². The van der Waals surface area contributed by atoms with Gasteiger partial charge in [-0.2, -0.15) is 0 Å². The van der Waals surface area contributed by atoms with Crippen LogP contribution in [0.4, 0.5) is 0 Å². The molecule has 0 fully saturated rings. The summed E-state index contributed by atoms with van der Waals surface area (Å²) in [5.74, 6) is 0. The molecule has 0 saturated heterocycles. The van der Waals surface area contributed by atoms with Crippen molar-refractivity contribution in [3.63, 3.8) is 0 Å². The fraction of sp³-hybridized carbons (Fsp3) is 0.333. The van der Waals surface area contributed by atoms with Gasteiger partial charge in [0.15, 0.2) is 0 Å². The standard InChI is InChI=1S/C16H16.C2H5I/c1-10-7-12(3)15-9-14-11(2)5-4-6-13(14)16(15)8-10;1-2-3/h4-8H,9H2,1-3H3;2H2,1H3. The van der Waals surface area contributed by atoms with Gasteiger partial charge in [0.25, 0.3) is 0 Å². The third kappa shape index (κ3) is 2.86. The van der Waals surface area contributed by atoms with Crippen LogP contribution in [-0.4, -0.2) is 4.43 Å². The van der Waals surface area contributed by atoms with Crippen molar-refractivity contribution in [1.29, 1.82) is 0 Å². The highest BCUT2D eigenvalue weighted by molar-refractivity contribution is 14.1. The molecule has 0 saturated carbocycles.